The van der Waals surface area contributed by atoms with Gasteiger partial charge < -0.3 is 15.3 Å². The number of halogens is 1. The molecule has 2 unspecified atom stereocenters. The largest absolute Gasteiger partial charge is 0.480 e. The Labute approximate surface area is 116 Å². The fourth-order valence-electron chi connectivity index (χ4n) is 2.52. The Hall–Kier alpha value is -2.11. The minimum atomic E-state index is -1.03. The van der Waals surface area contributed by atoms with Crippen LogP contribution < -0.4 is 5.32 Å². The van der Waals surface area contributed by atoms with Crippen molar-refractivity contribution in [1.29, 1.82) is 0 Å². The van der Waals surface area contributed by atoms with Gasteiger partial charge in [-0.15, -0.1) is 0 Å². The molecule has 2 N–H and O–H groups in total. The topological polar surface area (TPSA) is 69.6 Å². The summed E-state index contributed by atoms with van der Waals surface area (Å²) in [7, 11) is 0. The van der Waals surface area contributed by atoms with Crippen LogP contribution in [0, 0.1) is 18.7 Å². The minimum Gasteiger partial charge on any atom is -0.480 e. The highest BCUT2D eigenvalue weighted by Crippen LogP contribution is 2.26. The molecule has 1 aliphatic rings. The molecule has 1 aromatic carbocycles. The highest BCUT2D eigenvalue weighted by molar-refractivity contribution is 5.93. The van der Waals surface area contributed by atoms with Crippen LogP contribution in [0.25, 0.3) is 0 Å². The molecule has 1 fully saturated rings. The number of aryl methyl sites for hydroxylation is 1. The predicted octanol–water partition coefficient (Wildman–Crippen LogP) is 2.46. The Morgan fingerprint density at radius 1 is 1.45 bits per heavy atom. The van der Waals surface area contributed by atoms with E-state index in [0.717, 1.165) is 0 Å². The molecule has 6 heteroatoms. The van der Waals surface area contributed by atoms with Crippen LogP contribution >= 0.6 is 0 Å². The van der Waals surface area contributed by atoms with Crippen LogP contribution in [0.4, 0.5) is 14.9 Å². The number of likely N-dealkylation sites (tertiary alicyclic amines) is 1. The predicted molar refractivity (Wildman–Crippen MR) is 72.1 cm³/mol. The molecule has 2 atom stereocenters. The molecule has 1 aliphatic heterocycles. The van der Waals surface area contributed by atoms with Crippen LogP contribution in [0.2, 0.25) is 0 Å². The fourth-order valence-corrected chi connectivity index (χ4v) is 2.52. The van der Waals surface area contributed by atoms with E-state index in [2.05, 4.69) is 5.32 Å². The van der Waals surface area contributed by atoms with E-state index >= 15 is 0 Å². The summed E-state index contributed by atoms with van der Waals surface area (Å²) in [6.45, 7) is 3.83. The Morgan fingerprint density at radius 3 is 2.75 bits per heavy atom. The Kier molecular flexibility index (Phi) is 3.92. The maximum absolute atomic E-state index is 13.7. The number of aliphatic carboxylic acids is 1. The van der Waals surface area contributed by atoms with Gasteiger partial charge in [0.05, 0.1) is 5.69 Å². The van der Waals surface area contributed by atoms with E-state index in [0.29, 0.717) is 18.5 Å². The first-order valence-corrected chi connectivity index (χ1v) is 6.47. The maximum Gasteiger partial charge on any atom is 0.326 e. The molecule has 0 bridgehead atoms. The molecule has 1 aromatic rings. The second-order valence-electron chi connectivity index (χ2n) is 5.10. The first-order valence-electron chi connectivity index (χ1n) is 6.47. The lowest BCUT2D eigenvalue weighted by molar-refractivity contribution is -0.142. The summed E-state index contributed by atoms with van der Waals surface area (Å²) in [6.07, 6.45) is 0.626. The number of anilines is 1. The van der Waals surface area contributed by atoms with E-state index in [4.69, 9.17) is 0 Å². The molecular weight excluding hydrogens is 263 g/mol. The second kappa shape index (κ2) is 5.48. The standard InChI is InChI=1S/C14H17FN2O3/c1-8-4-3-5-10(15)11(8)16-14(20)17-7-6-9(2)12(17)13(18)19/h3-5,9,12H,6-7H2,1-2H3,(H,16,20)(H,18,19). The van der Waals surface area contributed by atoms with Gasteiger partial charge in [-0.25, -0.2) is 14.0 Å². The van der Waals surface area contributed by atoms with Crippen molar-refractivity contribution >= 4 is 17.7 Å². The smallest absolute Gasteiger partial charge is 0.326 e. The molecule has 0 spiro atoms. The number of carboxylic acid groups (broad SMARTS) is 1. The number of hydrogen-bond acceptors (Lipinski definition) is 2. The van der Waals surface area contributed by atoms with Crippen molar-refractivity contribution in [2.45, 2.75) is 26.3 Å². The summed E-state index contributed by atoms with van der Waals surface area (Å²) in [5.74, 6) is -1.67. The molecule has 2 rings (SSSR count). The number of nitrogens with one attached hydrogen (secondary N) is 1. The van der Waals surface area contributed by atoms with Gasteiger partial charge in [-0.05, 0) is 30.9 Å². The number of rotatable bonds is 2. The Bertz CT molecular complexity index is 527. The van der Waals surface area contributed by atoms with Crippen LogP contribution in [0.3, 0.4) is 0 Å². The summed E-state index contributed by atoms with van der Waals surface area (Å²) < 4.78 is 13.7. The van der Waals surface area contributed by atoms with Crippen LogP contribution in [-0.4, -0.2) is 34.6 Å². The van der Waals surface area contributed by atoms with Crippen LogP contribution in [0.1, 0.15) is 18.9 Å². The van der Waals surface area contributed by atoms with Gasteiger partial charge in [0.1, 0.15) is 11.9 Å². The normalized spacial score (nSPS) is 21.9. The molecular formula is C14H17FN2O3. The van der Waals surface area contributed by atoms with E-state index in [-0.39, 0.29) is 11.6 Å². The molecule has 1 heterocycles. The van der Waals surface area contributed by atoms with Gasteiger partial charge in [0.25, 0.3) is 0 Å². The summed E-state index contributed by atoms with van der Waals surface area (Å²) in [4.78, 5) is 24.6. The van der Waals surface area contributed by atoms with E-state index in [1.54, 1.807) is 26.0 Å². The number of nitrogens with zero attached hydrogens (tertiary/aromatic N) is 1. The number of carboxylic acids is 1. The van der Waals surface area contributed by atoms with Crippen molar-refractivity contribution in [3.8, 4) is 0 Å². The van der Waals surface area contributed by atoms with Gasteiger partial charge in [-0.3, -0.25) is 0 Å². The van der Waals surface area contributed by atoms with Gasteiger partial charge in [-0.1, -0.05) is 19.1 Å². The zero-order valence-corrected chi connectivity index (χ0v) is 11.4. The third-order valence-corrected chi connectivity index (χ3v) is 3.67. The van der Waals surface area contributed by atoms with E-state index in [1.807, 2.05) is 0 Å². The average Bonchev–Trinajstić information content (AvgIpc) is 2.76. The van der Waals surface area contributed by atoms with E-state index in [9.17, 15) is 19.1 Å². The van der Waals surface area contributed by atoms with Crippen molar-refractivity contribution in [2.24, 2.45) is 5.92 Å². The summed E-state index contributed by atoms with van der Waals surface area (Å²) in [5.41, 5.74) is 0.693. The molecule has 5 nitrogen and oxygen atoms in total. The molecule has 0 radical (unpaired) electrons. The highest BCUT2D eigenvalue weighted by atomic mass is 19.1. The maximum atomic E-state index is 13.7. The molecule has 2 amide bonds. The fraction of sp³-hybridized carbons (Fsp3) is 0.429. The molecule has 0 aliphatic carbocycles. The van der Waals surface area contributed by atoms with Crippen LogP contribution in [0.5, 0.6) is 0 Å². The summed E-state index contributed by atoms with van der Waals surface area (Å²) in [6, 6.07) is 3.05. The average molecular weight is 280 g/mol. The van der Waals surface area contributed by atoms with E-state index < -0.39 is 23.9 Å². The zero-order chi connectivity index (χ0) is 14.9. The lowest BCUT2D eigenvalue weighted by Gasteiger charge is -2.24. The molecule has 0 saturated carbocycles. The second-order valence-corrected chi connectivity index (χ2v) is 5.10. The Morgan fingerprint density at radius 2 is 2.15 bits per heavy atom. The molecule has 1 saturated heterocycles. The summed E-state index contributed by atoms with van der Waals surface area (Å²) in [5, 5.41) is 11.7. The first kappa shape index (κ1) is 14.3. The Balaban J connectivity index is 2.18. The van der Waals surface area contributed by atoms with Gasteiger partial charge >= 0.3 is 12.0 Å². The van der Waals surface area contributed by atoms with Gasteiger partial charge in [0.15, 0.2) is 0 Å². The quantitative estimate of drug-likeness (QED) is 0.874. The van der Waals surface area contributed by atoms with Crippen molar-refractivity contribution in [1.82, 2.24) is 4.90 Å². The lowest BCUT2D eigenvalue weighted by atomic mass is 10.0. The first-order chi connectivity index (χ1) is 9.41. The summed E-state index contributed by atoms with van der Waals surface area (Å²) >= 11 is 0. The van der Waals surface area contributed by atoms with Crippen molar-refractivity contribution < 1.29 is 19.1 Å². The number of amides is 2. The third kappa shape index (κ3) is 2.59. The van der Waals surface area contributed by atoms with E-state index in [1.165, 1.54) is 11.0 Å². The number of urea groups is 1. The number of para-hydroxylation sites is 1. The zero-order valence-electron chi connectivity index (χ0n) is 11.4. The highest BCUT2D eigenvalue weighted by Gasteiger charge is 2.39. The number of carbonyl (C=O) groups excluding carboxylic acids is 1. The third-order valence-electron chi connectivity index (χ3n) is 3.67. The SMILES string of the molecule is Cc1cccc(F)c1NC(=O)N1CCC(C)C1C(=O)O. The van der Waals surface area contributed by atoms with Crippen molar-refractivity contribution in [2.75, 3.05) is 11.9 Å². The van der Waals surface area contributed by atoms with Gasteiger partial charge in [0.2, 0.25) is 0 Å². The number of carbonyl (C=O) groups is 2. The molecule has 20 heavy (non-hydrogen) atoms. The van der Waals surface area contributed by atoms with Crippen LogP contribution in [0.15, 0.2) is 18.2 Å². The molecule has 108 valence electrons. The van der Waals surface area contributed by atoms with Crippen LogP contribution in [-0.2, 0) is 4.79 Å². The lowest BCUT2D eigenvalue weighted by Crippen LogP contribution is -2.45. The number of hydrogen-bond donors (Lipinski definition) is 2. The van der Waals surface area contributed by atoms with Gasteiger partial charge in [-0.2, -0.15) is 0 Å². The van der Waals surface area contributed by atoms with Crippen molar-refractivity contribution in [3.63, 3.8) is 0 Å². The van der Waals surface area contributed by atoms with Gasteiger partial charge in [0, 0.05) is 6.54 Å². The monoisotopic (exact) mass is 280 g/mol. The number of benzene rings is 1. The minimum absolute atomic E-state index is 0.0983. The van der Waals surface area contributed by atoms with Crippen molar-refractivity contribution in [3.05, 3.63) is 29.6 Å². The molecule has 0 aromatic heterocycles.